The molecule has 0 aliphatic rings. The van der Waals surface area contributed by atoms with E-state index >= 15 is 0 Å². The van der Waals surface area contributed by atoms with Crippen LogP contribution in [0.1, 0.15) is 290 Å². The molecule has 0 aromatic heterocycles. The molecule has 1 amide bonds. The molecule has 0 heterocycles. The first-order valence-corrected chi connectivity index (χ1v) is 33.1. The number of ether oxygens (including phenoxy) is 1. The second-order valence-corrected chi connectivity index (χ2v) is 24.0. The first-order chi connectivity index (χ1) is 36.4. The summed E-state index contributed by atoms with van der Waals surface area (Å²) in [5.41, 5.74) is 0. The average molecular weight is 1070 g/mol. The highest BCUT2D eigenvalue weighted by Gasteiger charge is 2.30. The van der Waals surface area contributed by atoms with Crippen molar-refractivity contribution in [1.29, 1.82) is 0 Å². The molecule has 0 saturated heterocycles. The summed E-state index contributed by atoms with van der Waals surface area (Å²) in [4.78, 5) is 37.7. The van der Waals surface area contributed by atoms with Crippen molar-refractivity contribution in [2.75, 3.05) is 40.9 Å². The molecule has 0 aliphatic carbocycles. The number of likely N-dealkylation sites (N-methyl/N-ethyl adjacent to an activating group) is 1. The van der Waals surface area contributed by atoms with E-state index in [1.54, 1.807) is 0 Å². The molecule has 0 aromatic rings. The van der Waals surface area contributed by atoms with Crippen LogP contribution in [0.5, 0.6) is 0 Å². The van der Waals surface area contributed by atoms with Gasteiger partial charge in [-0.15, -0.1) is 0 Å². The first kappa shape index (κ1) is 72.7. The number of carbonyl (C=O) groups is 2. The third-order valence-electron chi connectivity index (χ3n) is 13.9. The van der Waals surface area contributed by atoms with E-state index in [4.69, 9.17) is 13.8 Å². The van der Waals surface area contributed by atoms with Crippen molar-refractivity contribution in [2.45, 2.75) is 303 Å². The summed E-state index contributed by atoms with van der Waals surface area (Å²) in [5.74, 6) is -0.510. The fourth-order valence-corrected chi connectivity index (χ4v) is 9.74. The van der Waals surface area contributed by atoms with E-state index in [2.05, 4.69) is 74.7 Å². The van der Waals surface area contributed by atoms with E-state index in [1.807, 2.05) is 33.3 Å². The highest BCUT2D eigenvalue weighted by molar-refractivity contribution is 7.47. The molecule has 2 N–H and O–H groups in total. The number of nitrogens with one attached hydrogen (secondary N) is 1. The van der Waals surface area contributed by atoms with E-state index in [0.717, 1.165) is 83.5 Å². The number of hydrogen-bond donors (Lipinski definition) is 2. The van der Waals surface area contributed by atoms with Crippen molar-refractivity contribution in [2.24, 2.45) is 0 Å². The van der Waals surface area contributed by atoms with Crippen molar-refractivity contribution >= 4 is 19.7 Å². The fraction of sp³-hybridized carbons (Fsp3) is 0.815. The van der Waals surface area contributed by atoms with Crippen molar-refractivity contribution in [3.05, 3.63) is 60.8 Å². The number of allylic oxidation sites excluding steroid dienone is 9. The molecule has 438 valence electrons. The Morgan fingerprint density at radius 3 is 1.27 bits per heavy atom. The topological polar surface area (TPSA) is 111 Å². The maximum atomic E-state index is 13.5. The van der Waals surface area contributed by atoms with Crippen LogP contribution in [0.4, 0.5) is 0 Å². The van der Waals surface area contributed by atoms with Gasteiger partial charge in [0.15, 0.2) is 0 Å². The highest BCUT2D eigenvalue weighted by atomic mass is 31.2. The van der Waals surface area contributed by atoms with Crippen molar-refractivity contribution < 1.29 is 37.3 Å². The predicted molar refractivity (Wildman–Crippen MR) is 323 cm³/mol. The Bertz CT molecular complexity index is 1470. The summed E-state index contributed by atoms with van der Waals surface area (Å²) >= 11 is 0. The summed E-state index contributed by atoms with van der Waals surface area (Å²) < 4.78 is 30.7. The maximum Gasteiger partial charge on any atom is 0.472 e. The van der Waals surface area contributed by atoms with Crippen molar-refractivity contribution in [1.82, 2.24) is 5.32 Å². The number of esters is 1. The van der Waals surface area contributed by atoms with Gasteiger partial charge in [0.05, 0.1) is 33.8 Å². The number of quaternary nitrogens is 1. The number of phosphoric ester groups is 1. The molecular formula is C65H122N2O7P+. The zero-order valence-corrected chi connectivity index (χ0v) is 50.9. The lowest BCUT2D eigenvalue weighted by molar-refractivity contribution is -0.870. The minimum atomic E-state index is -4.45. The molecule has 3 atom stereocenters. The summed E-state index contributed by atoms with van der Waals surface area (Å²) in [6.45, 7) is 6.98. The van der Waals surface area contributed by atoms with Gasteiger partial charge in [0, 0.05) is 12.8 Å². The second-order valence-electron chi connectivity index (χ2n) is 22.6. The molecule has 0 saturated carbocycles. The summed E-state index contributed by atoms with van der Waals surface area (Å²) in [6, 6.07) is -0.852. The Morgan fingerprint density at radius 1 is 0.467 bits per heavy atom. The Labute approximate surface area is 464 Å². The highest BCUT2D eigenvalue weighted by Crippen LogP contribution is 2.43. The Balaban J connectivity index is 5.15. The largest absolute Gasteiger partial charge is 0.472 e. The van der Waals surface area contributed by atoms with Crippen molar-refractivity contribution in [3.8, 4) is 0 Å². The lowest BCUT2D eigenvalue weighted by Gasteiger charge is -2.27. The summed E-state index contributed by atoms with van der Waals surface area (Å²) in [6.07, 6.45) is 69.3. The number of unbranched alkanes of at least 4 members (excludes halogenated alkanes) is 33. The zero-order chi connectivity index (χ0) is 55.0. The average Bonchev–Trinajstić information content (AvgIpc) is 3.37. The molecule has 75 heavy (non-hydrogen) atoms. The number of carbonyl (C=O) groups excluding carboxylic acids is 2. The van der Waals surface area contributed by atoms with Crippen LogP contribution < -0.4 is 5.32 Å². The SMILES string of the molecule is CCCCC/C=C\C/C=C\C/C=C\CCCCCCCCCCCCC(=O)OC(/C=C\CCCCCCCCCCC)C(COP(=O)(O)OCC[N+](C)(C)C)NC(=O)CCCCCCCCC/C=C\CCCCCC. The van der Waals surface area contributed by atoms with Gasteiger partial charge in [-0.3, -0.25) is 18.6 Å². The van der Waals surface area contributed by atoms with E-state index in [-0.39, 0.29) is 31.5 Å². The third kappa shape index (κ3) is 56.2. The summed E-state index contributed by atoms with van der Waals surface area (Å²) in [5, 5.41) is 3.05. The van der Waals surface area contributed by atoms with Crippen LogP contribution in [0.15, 0.2) is 60.8 Å². The molecule has 0 aliphatic heterocycles. The lowest BCUT2D eigenvalue weighted by Crippen LogP contribution is -2.47. The van der Waals surface area contributed by atoms with Crippen LogP contribution in [-0.2, 0) is 27.9 Å². The standard InChI is InChI=1S/C65H121N2O7P/c1-7-10-13-16-19-22-25-27-29-30-31-32-33-34-35-36-38-40-43-46-49-52-55-58-65(69)74-63(56-53-50-47-44-41-24-21-18-15-12-9-3)62(61-73-75(70,71)72-60-59-67(4,5)6)66-64(68)57-54-51-48-45-42-39-37-28-26-23-20-17-14-11-8-2/h19,22-23,26-27,29,31-32,53,56,62-63H,7-18,20-21,24-25,28,30,33-52,54-55,57-61H2,1-6H3,(H-,66,68,70,71)/p+1/b22-19-,26-23-,29-27-,32-31-,56-53-. The van der Waals surface area contributed by atoms with E-state index in [0.29, 0.717) is 17.4 Å². The molecular weight excluding hydrogens is 952 g/mol. The van der Waals surface area contributed by atoms with Crippen molar-refractivity contribution in [3.63, 3.8) is 0 Å². The Morgan fingerprint density at radius 2 is 0.813 bits per heavy atom. The number of nitrogens with zero attached hydrogens (tertiary/aromatic N) is 1. The normalized spacial score (nSPS) is 14.1. The van der Waals surface area contributed by atoms with Gasteiger partial charge >= 0.3 is 13.8 Å². The molecule has 0 rings (SSSR count). The van der Waals surface area contributed by atoms with E-state index in [1.165, 1.54) is 173 Å². The smallest absolute Gasteiger partial charge is 0.456 e. The number of phosphoric acid groups is 1. The molecule has 10 heteroatoms. The minimum Gasteiger partial charge on any atom is -0.456 e. The number of amides is 1. The Kier molecular flexibility index (Phi) is 53.4. The molecule has 3 unspecified atom stereocenters. The van der Waals surface area contributed by atoms with Gasteiger partial charge in [-0.1, -0.05) is 242 Å². The Hall–Kier alpha value is -2.29. The third-order valence-corrected chi connectivity index (χ3v) is 14.9. The lowest BCUT2D eigenvalue weighted by atomic mass is 10.0. The zero-order valence-electron chi connectivity index (χ0n) is 50.0. The van der Waals surface area contributed by atoms with Gasteiger partial charge in [-0.2, -0.15) is 0 Å². The molecule has 0 aromatic carbocycles. The van der Waals surface area contributed by atoms with Gasteiger partial charge in [-0.25, -0.2) is 4.57 Å². The van der Waals surface area contributed by atoms with Crippen LogP contribution in [0.3, 0.4) is 0 Å². The van der Waals surface area contributed by atoms with Gasteiger partial charge in [0.1, 0.15) is 19.3 Å². The van der Waals surface area contributed by atoms with Gasteiger partial charge < -0.3 is 19.4 Å². The van der Waals surface area contributed by atoms with Gasteiger partial charge in [0.2, 0.25) is 5.91 Å². The van der Waals surface area contributed by atoms with Crippen LogP contribution in [0, 0.1) is 0 Å². The number of rotatable bonds is 57. The fourth-order valence-electron chi connectivity index (χ4n) is 9.00. The van der Waals surface area contributed by atoms with Crippen LogP contribution >= 0.6 is 7.82 Å². The van der Waals surface area contributed by atoms with Crippen LogP contribution in [0.2, 0.25) is 0 Å². The number of hydrogen-bond acceptors (Lipinski definition) is 6. The summed E-state index contributed by atoms with van der Waals surface area (Å²) in [7, 11) is 1.49. The molecule has 0 fully saturated rings. The molecule has 0 radical (unpaired) electrons. The monoisotopic (exact) mass is 1070 g/mol. The quantitative estimate of drug-likeness (QED) is 0.0205. The van der Waals surface area contributed by atoms with Crippen LogP contribution in [0.25, 0.3) is 0 Å². The predicted octanol–water partition coefficient (Wildman–Crippen LogP) is 19.4. The van der Waals surface area contributed by atoms with Gasteiger partial charge in [-0.05, 0) is 96.0 Å². The second kappa shape index (κ2) is 55.0. The van der Waals surface area contributed by atoms with Gasteiger partial charge in [0.25, 0.3) is 0 Å². The maximum absolute atomic E-state index is 13.5. The molecule has 9 nitrogen and oxygen atoms in total. The van der Waals surface area contributed by atoms with E-state index < -0.39 is 20.0 Å². The van der Waals surface area contributed by atoms with Crippen LogP contribution in [-0.4, -0.2) is 74.3 Å². The minimum absolute atomic E-state index is 0.0381. The first-order valence-electron chi connectivity index (χ1n) is 31.6. The molecule has 0 bridgehead atoms. The van der Waals surface area contributed by atoms with E-state index in [9.17, 15) is 19.0 Å². The molecule has 0 spiro atoms.